The molecule has 0 heterocycles. The van der Waals surface area contributed by atoms with E-state index in [2.05, 4.69) is 5.32 Å². The lowest BCUT2D eigenvalue weighted by Crippen LogP contribution is -2.20. The lowest BCUT2D eigenvalue weighted by molar-refractivity contribution is -0.137. The summed E-state index contributed by atoms with van der Waals surface area (Å²) in [5.74, 6) is -0.393. The van der Waals surface area contributed by atoms with E-state index in [1.54, 1.807) is 55.5 Å². The summed E-state index contributed by atoms with van der Waals surface area (Å²) in [6.07, 6.45) is 1.39. The molecule has 2 aromatic carbocycles. The molecule has 0 saturated heterocycles. The van der Waals surface area contributed by atoms with Gasteiger partial charge in [0.05, 0.1) is 13.7 Å². The first-order valence-corrected chi connectivity index (χ1v) is 8.99. The number of carbonyl (C=O) groups excluding carboxylic acids is 2. The van der Waals surface area contributed by atoms with Gasteiger partial charge in [0.1, 0.15) is 11.6 Å². The monoisotopic (exact) mass is 414 g/mol. The molecule has 29 heavy (non-hydrogen) atoms. The van der Waals surface area contributed by atoms with Crippen LogP contribution in [-0.2, 0) is 14.3 Å². The highest BCUT2D eigenvalue weighted by Gasteiger charge is 2.12. The molecule has 0 spiro atoms. The van der Waals surface area contributed by atoms with Crippen LogP contribution in [0.1, 0.15) is 12.5 Å². The second-order valence-corrected chi connectivity index (χ2v) is 6.08. The summed E-state index contributed by atoms with van der Waals surface area (Å²) in [6, 6.07) is 13.4. The van der Waals surface area contributed by atoms with Crippen molar-refractivity contribution >= 4 is 35.2 Å². The summed E-state index contributed by atoms with van der Waals surface area (Å²) < 4.78 is 15.6. The molecule has 1 amide bonds. The van der Waals surface area contributed by atoms with Crippen molar-refractivity contribution in [3.63, 3.8) is 0 Å². The van der Waals surface area contributed by atoms with Crippen LogP contribution < -0.4 is 14.8 Å². The summed E-state index contributed by atoms with van der Waals surface area (Å²) in [6.45, 7) is 1.58. The molecule has 0 aliphatic heterocycles. The topological polar surface area (TPSA) is 97.7 Å². The average Bonchev–Trinajstić information content (AvgIpc) is 2.70. The van der Waals surface area contributed by atoms with Crippen molar-refractivity contribution in [2.24, 2.45) is 0 Å². The van der Waals surface area contributed by atoms with E-state index in [0.717, 1.165) is 0 Å². The number of anilines is 1. The van der Waals surface area contributed by atoms with Crippen LogP contribution in [-0.4, -0.2) is 32.2 Å². The molecule has 0 aromatic heterocycles. The van der Waals surface area contributed by atoms with Crippen LogP contribution >= 0.6 is 11.6 Å². The zero-order valence-electron chi connectivity index (χ0n) is 15.9. The summed E-state index contributed by atoms with van der Waals surface area (Å²) in [5, 5.41) is 12.3. The Labute approximate surface area is 173 Å². The molecule has 150 valence electrons. The van der Waals surface area contributed by atoms with Crippen LogP contribution in [0.15, 0.2) is 48.0 Å². The molecule has 1 N–H and O–H groups in total. The van der Waals surface area contributed by atoms with E-state index in [1.165, 1.54) is 13.2 Å². The number of rotatable bonds is 8. The van der Waals surface area contributed by atoms with Crippen molar-refractivity contribution < 1.29 is 23.8 Å². The van der Waals surface area contributed by atoms with Crippen molar-refractivity contribution in [1.82, 2.24) is 0 Å². The molecular weight excluding hydrogens is 396 g/mol. The van der Waals surface area contributed by atoms with Gasteiger partial charge in [-0.05, 0) is 48.9 Å². The predicted molar refractivity (Wildman–Crippen MR) is 109 cm³/mol. The third-order valence-corrected chi connectivity index (χ3v) is 3.82. The molecule has 2 rings (SSSR count). The number of halogens is 1. The molecule has 0 aliphatic rings. The summed E-state index contributed by atoms with van der Waals surface area (Å²) in [7, 11) is 1.44. The molecule has 0 aliphatic carbocycles. The minimum absolute atomic E-state index is 0.136. The predicted octanol–water partition coefficient (Wildman–Crippen LogP) is 3.84. The number of amides is 1. The maximum absolute atomic E-state index is 12.1. The van der Waals surface area contributed by atoms with Crippen LogP contribution in [0.25, 0.3) is 6.08 Å². The van der Waals surface area contributed by atoms with Gasteiger partial charge in [-0.25, -0.2) is 4.79 Å². The van der Waals surface area contributed by atoms with E-state index in [1.807, 2.05) is 0 Å². The van der Waals surface area contributed by atoms with Crippen LogP contribution in [0.4, 0.5) is 5.69 Å². The minimum atomic E-state index is -0.702. The molecule has 0 bridgehead atoms. The highest BCUT2D eigenvalue weighted by Crippen LogP contribution is 2.29. The number of esters is 1. The van der Waals surface area contributed by atoms with Gasteiger partial charge in [0.2, 0.25) is 0 Å². The number of ether oxygens (including phenoxy) is 3. The Morgan fingerprint density at radius 1 is 1.21 bits per heavy atom. The van der Waals surface area contributed by atoms with Gasteiger partial charge in [-0.2, -0.15) is 5.26 Å². The van der Waals surface area contributed by atoms with Gasteiger partial charge in [-0.3, -0.25) is 4.79 Å². The smallest absolute Gasteiger partial charge is 0.348 e. The number of hydrogen-bond acceptors (Lipinski definition) is 6. The van der Waals surface area contributed by atoms with Gasteiger partial charge < -0.3 is 19.5 Å². The summed E-state index contributed by atoms with van der Waals surface area (Å²) >= 11 is 5.89. The molecule has 0 fully saturated rings. The maximum Gasteiger partial charge on any atom is 0.348 e. The first kappa shape index (κ1) is 21.8. The standard InChI is InChI=1S/C21H19ClN2O5/c1-3-28-21(26)15(12-23)9-14-7-8-18(19(10-14)27-2)29-13-20(25)24-17-6-4-5-16(22)11-17/h4-11H,3,13H2,1-2H3,(H,24,25)/b15-9-. The minimum Gasteiger partial charge on any atom is -0.493 e. The van der Waals surface area contributed by atoms with Crippen molar-refractivity contribution in [2.45, 2.75) is 6.92 Å². The van der Waals surface area contributed by atoms with Gasteiger partial charge >= 0.3 is 5.97 Å². The lowest BCUT2D eigenvalue weighted by Gasteiger charge is -2.12. The molecule has 0 atom stereocenters. The number of benzene rings is 2. The van der Waals surface area contributed by atoms with Crippen molar-refractivity contribution in [2.75, 3.05) is 25.6 Å². The Morgan fingerprint density at radius 2 is 2.00 bits per heavy atom. The van der Waals surface area contributed by atoms with E-state index >= 15 is 0 Å². The quantitative estimate of drug-likeness (QED) is 0.400. The highest BCUT2D eigenvalue weighted by atomic mass is 35.5. The normalized spacial score (nSPS) is 10.6. The molecular formula is C21H19ClN2O5. The fourth-order valence-electron chi connectivity index (χ4n) is 2.31. The Morgan fingerprint density at radius 3 is 2.66 bits per heavy atom. The van der Waals surface area contributed by atoms with Gasteiger partial charge in [0.25, 0.3) is 5.91 Å². The number of nitrogens with zero attached hydrogens (tertiary/aromatic N) is 1. The molecule has 0 unspecified atom stereocenters. The molecule has 2 aromatic rings. The second-order valence-electron chi connectivity index (χ2n) is 5.65. The average molecular weight is 415 g/mol. The number of nitriles is 1. The Hall–Kier alpha value is -3.50. The molecule has 0 saturated carbocycles. The molecule has 7 nitrogen and oxygen atoms in total. The van der Waals surface area contributed by atoms with Gasteiger partial charge in [-0.15, -0.1) is 0 Å². The SMILES string of the molecule is CCOC(=O)/C(C#N)=C\c1ccc(OCC(=O)Nc2cccc(Cl)c2)c(OC)c1. The largest absolute Gasteiger partial charge is 0.493 e. The van der Waals surface area contributed by atoms with Crippen LogP contribution in [0, 0.1) is 11.3 Å². The molecule has 0 radical (unpaired) electrons. The zero-order valence-corrected chi connectivity index (χ0v) is 16.7. The van der Waals surface area contributed by atoms with E-state index < -0.39 is 5.97 Å². The fraction of sp³-hybridized carbons (Fsp3) is 0.190. The van der Waals surface area contributed by atoms with Crippen molar-refractivity contribution in [1.29, 1.82) is 5.26 Å². The molecule has 8 heteroatoms. The number of hydrogen-bond donors (Lipinski definition) is 1. The fourth-order valence-corrected chi connectivity index (χ4v) is 2.50. The van der Waals surface area contributed by atoms with Crippen molar-refractivity contribution in [3.05, 3.63) is 58.6 Å². The van der Waals surface area contributed by atoms with E-state index in [0.29, 0.717) is 27.8 Å². The van der Waals surface area contributed by atoms with Crippen LogP contribution in [0.2, 0.25) is 5.02 Å². The van der Waals surface area contributed by atoms with Crippen LogP contribution in [0.5, 0.6) is 11.5 Å². The first-order chi connectivity index (χ1) is 14.0. The van der Waals surface area contributed by atoms with Crippen LogP contribution in [0.3, 0.4) is 0 Å². The van der Waals surface area contributed by atoms with Gasteiger partial charge in [-0.1, -0.05) is 23.7 Å². The Balaban J connectivity index is 2.07. The van der Waals surface area contributed by atoms with Gasteiger partial charge in [0, 0.05) is 10.7 Å². The highest BCUT2D eigenvalue weighted by molar-refractivity contribution is 6.30. The van der Waals surface area contributed by atoms with E-state index in [4.69, 9.17) is 31.1 Å². The summed E-state index contributed by atoms with van der Waals surface area (Å²) in [4.78, 5) is 23.8. The lowest BCUT2D eigenvalue weighted by atomic mass is 10.1. The zero-order chi connectivity index (χ0) is 21.2. The Kier molecular flexibility index (Phi) is 8.07. The summed E-state index contributed by atoms with van der Waals surface area (Å²) in [5.41, 5.74) is 0.965. The first-order valence-electron chi connectivity index (χ1n) is 8.62. The van der Waals surface area contributed by atoms with Crippen molar-refractivity contribution in [3.8, 4) is 17.6 Å². The third-order valence-electron chi connectivity index (χ3n) is 3.58. The third kappa shape index (κ3) is 6.55. The number of methoxy groups -OCH3 is 1. The van der Waals surface area contributed by atoms with Gasteiger partial charge in [0.15, 0.2) is 18.1 Å². The van der Waals surface area contributed by atoms with E-state index in [-0.39, 0.29) is 24.7 Å². The number of carbonyl (C=O) groups is 2. The second kappa shape index (κ2) is 10.7. The Bertz CT molecular complexity index is 966. The van der Waals surface area contributed by atoms with E-state index in [9.17, 15) is 9.59 Å². The maximum atomic E-state index is 12.1. The number of nitrogens with one attached hydrogen (secondary N) is 1.